The van der Waals surface area contributed by atoms with Crippen LogP contribution in [0.15, 0.2) is 66.0 Å². The molecule has 0 spiro atoms. The van der Waals surface area contributed by atoms with Crippen LogP contribution in [0.1, 0.15) is 32.9 Å². The Balaban J connectivity index is 1.41. The molecule has 0 unspecified atom stereocenters. The van der Waals surface area contributed by atoms with Crippen molar-refractivity contribution < 1.29 is 14.4 Å². The van der Waals surface area contributed by atoms with Crippen LogP contribution >= 0.6 is 11.3 Å². The summed E-state index contributed by atoms with van der Waals surface area (Å²) in [5.74, 6) is -0.750. The lowest BCUT2D eigenvalue weighted by Crippen LogP contribution is -2.38. The van der Waals surface area contributed by atoms with Crippen LogP contribution in [0, 0.1) is 5.92 Å². The Kier molecular flexibility index (Phi) is 6.51. The van der Waals surface area contributed by atoms with Gasteiger partial charge in [-0.05, 0) is 60.7 Å². The highest BCUT2D eigenvalue weighted by molar-refractivity contribution is 7.12. The van der Waals surface area contributed by atoms with Gasteiger partial charge in [0.25, 0.3) is 11.8 Å². The Bertz CT molecular complexity index is 1100. The molecule has 1 saturated heterocycles. The smallest absolute Gasteiger partial charge is 0.265 e. The van der Waals surface area contributed by atoms with Gasteiger partial charge in [0.05, 0.1) is 16.3 Å². The molecule has 0 atom stereocenters. The first-order chi connectivity index (χ1) is 15.5. The number of carbonyl (C=O) groups excluding carboxylic acids is 3. The molecule has 164 valence electrons. The molecule has 0 aliphatic carbocycles. The maximum atomic E-state index is 12.8. The van der Waals surface area contributed by atoms with Gasteiger partial charge in [0.2, 0.25) is 5.91 Å². The van der Waals surface area contributed by atoms with E-state index in [-0.39, 0.29) is 23.6 Å². The van der Waals surface area contributed by atoms with Crippen molar-refractivity contribution in [2.45, 2.75) is 12.8 Å². The third kappa shape index (κ3) is 4.97. The fourth-order valence-corrected chi connectivity index (χ4v) is 4.38. The number of para-hydroxylation sites is 2. The predicted octanol–water partition coefficient (Wildman–Crippen LogP) is 3.95. The van der Waals surface area contributed by atoms with Crippen LogP contribution in [0.25, 0.3) is 0 Å². The molecule has 0 saturated carbocycles. The number of nitrogens with zero attached hydrogens (tertiary/aromatic N) is 1. The van der Waals surface area contributed by atoms with Gasteiger partial charge in [0.15, 0.2) is 0 Å². The lowest BCUT2D eigenvalue weighted by atomic mass is 9.96. The molecular weight excluding hydrogens is 424 g/mol. The fraction of sp³-hybridized carbons (Fsp3) is 0.208. The van der Waals surface area contributed by atoms with Crippen LogP contribution < -0.4 is 21.3 Å². The molecule has 7 nitrogen and oxygen atoms in total. The number of benzene rings is 2. The van der Waals surface area contributed by atoms with Crippen LogP contribution in [0.3, 0.4) is 0 Å². The molecule has 1 fully saturated rings. The van der Waals surface area contributed by atoms with E-state index in [2.05, 4.69) is 15.5 Å². The van der Waals surface area contributed by atoms with Gasteiger partial charge in [-0.1, -0.05) is 18.2 Å². The van der Waals surface area contributed by atoms with Crippen molar-refractivity contribution in [3.63, 3.8) is 0 Å². The maximum absolute atomic E-state index is 12.8. The summed E-state index contributed by atoms with van der Waals surface area (Å²) in [4.78, 5) is 39.2. The van der Waals surface area contributed by atoms with Gasteiger partial charge >= 0.3 is 0 Å². The van der Waals surface area contributed by atoms with E-state index >= 15 is 0 Å². The Hall–Kier alpha value is -3.65. The van der Waals surface area contributed by atoms with Crippen molar-refractivity contribution >= 4 is 46.1 Å². The topological polar surface area (TPSA) is 105 Å². The molecule has 4 rings (SSSR count). The molecule has 32 heavy (non-hydrogen) atoms. The van der Waals surface area contributed by atoms with Gasteiger partial charge in [-0.3, -0.25) is 14.4 Å². The Labute approximate surface area is 190 Å². The van der Waals surface area contributed by atoms with Crippen molar-refractivity contribution in [1.82, 2.24) is 0 Å². The number of amides is 3. The Morgan fingerprint density at radius 1 is 0.875 bits per heavy atom. The number of piperidine rings is 1. The lowest BCUT2D eigenvalue weighted by molar-refractivity contribution is -0.122. The van der Waals surface area contributed by atoms with Gasteiger partial charge in [0.1, 0.15) is 0 Å². The highest BCUT2D eigenvalue weighted by atomic mass is 32.1. The second-order valence-corrected chi connectivity index (χ2v) is 8.59. The second kappa shape index (κ2) is 9.65. The summed E-state index contributed by atoms with van der Waals surface area (Å²) in [6.07, 6.45) is 1.41. The summed E-state index contributed by atoms with van der Waals surface area (Å²) in [6.45, 7) is 1.41. The van der Waals surface area contributed by atoms with Crippen LogP contribution in [0.4, 0.5) is 17.1 Å². The Morgan fingerprint density at radius 3 is 2.25 bits per heavy atom. The van der Waals surface area contributed by atoms with Crippen LogP contribution in [0.2, 0.25) is 0 Å². The van der Waals surface area contributed by atoms with Crippen LogP contribution in [-0.4, -0.2) is 30.8 Å². The summed E-state index contributed by atoms with van der Waals surface area (Å²) in [7, 11) is 0. The predicted molar refractivity (Wildman–Crippen MR) is 127 cm³/mol. The number of thiophene rings is 1. The zero-order valence-corrected chi connectivity index (χ0v) is 18.2. The largest absolute Gasteiger partial charge is 0.370 e. The summed E-state index contributed by atoms with van der Waals surface area (Å²) in [5, 5.41) is 7.65. The number of hydrogen-bond donors (Lipinski definition) is 3. The van der Waals surface area contributed by atoms with E-state index in [0.717, 1.165) is 5.69 Å². The SMILES string of the molecule is NC(=O)C1CCN(c2ccccc2NC(=O)c2ccc(NC(=O)c3cccs3)cc2)CC1. The lowest BCUT2D eigenvalue weighted by Gasteiger charge is -2.33. The van der Waals surface area contributed by atoms with E-state index in [4.69, 9.17) is 5.73 Å². The van der Waals surface area contributed by atoms with E-state index in [1.54, 1.807) is 30.3 Å². The zero-order valence-electron chi connectivity index (χ0n) is 17.4. The average molecular weight is 449 g/mol. The first-order valence-electron chi connectivity index (χ1n) is 10.4. The number of nitrogens with one attached hydrogen (secondary N) is 2. The summed E-state index contributed by atoms with van der Waals surface area (Å²) in [5.41, 5.74) is 8.18. The maximum Gasteiger partial charge on any atom is 0.265 e. The van der Waals surface area contributed by atoms with Crippen molar-refractivity contribution in [3.8, 4) is 0 Å². The molecule has 2 aromatic carbocycles. The molecule has 8 heteroatoms. The minimum atomic E-state index is -0.249. The first-order valence-corrected chi connectivity index (χ1v) is 11.3. The fourth-order valence-electron chi connectivity index (χ4n) is 3.76. The number of primary amides is 1. The molecule has 1 aromatic heterocycles. The van der Waals surface area contributed by atoms with Crippen molar-refractivity contribution in [1.29, 1.82) is 0 Å². The first kappa shape index (κ1) is 21.6. The third-order valence-electron chi connectivity index (χ3n) is 5.54. The molecular formula is C24H24N4O3S. The highest BCUT2D eigenvalue weighted by Gasteiger charge is 2.24. The van der Waals surface area contributed by atoms with E-state index in [9.17, 15) is 14.4 Å². The molecule has 0 radical (unpaired) electrons. The molecule has 3 amide bonds. The number of rotatable bonds is 6. The summed E-state index contributed by atoms with van der Waals surface area (Å²) < 4.78 is 0. The molecule has 0 bridgehead atoms. The van der Waals surface area contributed by atoms with Gasteiger partial charge in [-0.15, -0.1) is 11.3 Å². The van der Waals surface area contributed by atoms with Crippen molar-refractivity contribution in [2.75, 3.05) is 28.6 Å². The van der Waals surface area contributed by atoms with Gasteiger partial charge in [-0.25, -0.2) is 0 Å². The van der Waals surface area contributed by atoms with Gasteiger partial charge in [-0.2, -0.15) is 0 Å². The summed E-state index contributed by atoms with van der Waals surface area (Å²) >= 11 is 1.37. The molecule has 3 aromatic rings. The molecule has 4 N–H and O–H groups in total. The quantitative estimate of drug-likeness (QED) is 0.531. The number of nitrogens with two attached hydrogens (primary N) is 1. The average Bonchev–Trinajstić information content (AvgIpc) is 3.35. The number of hydrogen-bond acceptors (Lipinski definition) is 5. The monoisotopic (exact) mass is 448 g/mol. The minimum absolute atomic E-state index is 0.0909. The molecule has 2 heterocycles. The highest BCUT2D eigenvalue weighted by Crippen LogP contribution is 2.30. The van der Waals surface area contributed by atoms with E-state index in [1.807, 2.05) is 35.7 Å². The normalized spacial score (nSPS) is 14.1. The van der Waals surface area contributed by atoms with Gasteiger partial charge in [0, 0.05) is 30.3 Å². The summed E-state index contributed by atoms with van der Waals surface area (Å²) in [6, 6.07) is 18.0. The van der Waals surface area contributed by atoms with E-state index in [0.29, 0.717) is 47.7 Å². The minimum Gasteiger partial charge on any atom is -0.370 e. The van der Waals surface area contributed by atoms with Crippen molar-refractivity contribution in [3.05, 3.63) is 76.5 Å². The Morgan fingerprint density at radius 2 is 1.59 bits per heavy atom. The molecule has 1 aliphatic rings. The van der Waals surface area contributed by atoms with Crippen LogP contribution in [0.5, 0.6) is 0 Å². The molecule has 1 aliphatic heterocycles. The standard InChI is InChI=1S/C24H24N4O3S/c25-22(29)16-11-13-28(14-12-16)20-5-2-1-4-19(20)27-23(30)17-7-9-18(10-8-17)26-24(31)21-6-3-15-32-21/h1-10,15-16H,11-14H2,(H2,25,29)(H,26,31)(H,27,30). The zero-order chi connectivity index (χ0) is 22.5. The number of carbonyl (C=O) groups is 3. The van der Waals surface area contributed by atoms with E-state index < -0.39 is 0 Å². The van der Waals surface area contributed by atoms with Gasteiger partial charge < -0.3 is 21.3 Å². The van der Waals surface area contributed by atoms with Crippen LogP contribution in [-0.2, 0) is 4.79 Å². The van der Waals surface area contributed by atoms with E-state index in [1.165, 1.54) is 11.3 Å². The third-order valence-corrected chi connectivity index (χ3v) is 6.41. The second-order valence-electron chi connectivity index (χ2n) is 7.64. The number of anilines is 3. The van der Waals surface area contributed by atoms with Crippen molar-refractivity contribution in [2.24, 2.45) is 11.7 Å².